The minimum Gasteiger partial charge on any atom is -0.207 e. The Balaban J connectivity index is 1.53. The van der Waals surface area contributed by atoms with Crippen LogP contribution in [0.3, 0.4) is 0 Å². The van der Waals surface area contributed by atoms with Gasteiger partial charge in [-0.15, -0.1) is 0 Å². The highest BCUT2D eigenvalue weighted by atomic mass is 32.2. The average Bonchev–Trinajstić information content (AvgIpc) is 3.21. The fourth-order valence-corrected chi connectivity index (χ4v) is 5.61. The first-order valence-electron chi connectivity index (χ1n) is 8.26. The second-order valence-electron chi connectivity index (χ2n) is 6.45. The number of fused-ring (bicyclic) bond motifs is 2. The Kier molecular flexibility index (Phi) is 3.97. The molecule has 2 aliphatic heterocycles. The Morgan fingerprint density at radius 3 is 2.21 bits per heavy atom. The summed E-state index contributed by atoms with van der Waals surface area (Å²) in [6, 6.07) is 9.81. The van der Waals surface area contributed by atoms with Crippen molar-refractivity contribution >= 4 is 16.1 Å². The second kappa shape index (κ2) is 6.14. The van der Waals surface area contributed by atoms with E-state index in [9.17, 15) is 8.42 Å². The molecule has 2 aromatic rings. The zero-order valence-corrected chi connectivity index (χ0v) is 14.1. The summed E-state index contributed by atoms with van der Waals surface area (Å²) in [5.74, 6) is 0. The van der Waals surface area contributed by atoms with Gasteiger partial charge in [-0.1, -0.05) is 30.3 Å². The van der Waals surface area contributed by atoms with Crippen molar-refractivity contribution in [3.05, 3.63) is 53.7 Å². The molecular formula is C17H20N4O2S. The van der Waals surface area contributed by atoms with Gasteiger partial charge in [0.1, 0.15) is 0 Å². The largest absolute Gasteiger partial charge is 0.236 e. The van der Waals surface area contributed by atoms with Crippen LogP contribution in [0, 0.1) is 0 Å². The quantitative estimate of drug-likeness (QED) is 0.854. The van der Waals surface area contributed by atoms with Gasteiger partial charge in [0, 0.05) is 17.5 Å². The van der Waals surface area contributed by atoms with E-state index in [4.69, 9.17) is 0 Å². The van der Waals surface area contributed by atoms with Gasteiger partial charge >= 0.3 is 0 Å². The maximum Gasteiger partial charge on any atom is 0.236 e. The Morgan fingerprint density at radius 2 is 1.58 bits per heavy atom. The molecule has 3 heterocycles. The molecule has 4 rings (SSSR count). The van der Waals surface area contributed by atoms with E-state index in [-0.39, 0.29) is 18.1 Å². The van der Waals surface area contributed by atoms with E-state index < -0.39 is 10.0 Å². The second-order valence-corrected chi connectivity index (χ2v) is 8.17. The normalized spacial score (nSPS) is 27.8. The Morgan fingerprint density at radius 1 is 0.958 bits per heavy atom. The molecule has 2 aliphatic rings. The number of hydrogen-bond donors (Lipinski definition) is 0. The van der Waals surface area contributed by atoms with Crippen LogP contribution in [0.1, 0.15) is 37.3 Å². The number of rotatable bonds is 4. The van der Waals surface area contributed by atoms with Gasteiger partial charge in [0.15, 0.2) is 0 Å². The van der Waals surface area contributed by atoms with Crippen LogP contribution in [0.25, 0.3) is 6.08 Å². The highest BCUT2D eigenvalue weighted by molar-refractivity contribution is 7.92. The Labute approximate surface area is 141 Å². The molecule has 2 bridgehead atoms. The highest BCUT2D eigenvalue weighted by Crippen LogP contribution is 2.42. The topological polar surface area (TPSA) is 68.1 Å². The molecule has 0 saturated carbocycles. The van der Waals surface area contributed by atoms with Gasteiger partial charge in [-0.05, 0) is 37.3 Å². The first-order valence-corrected chi connectivity index (χ1v) is 9.76. The smallest absolute Gasteiger partial charge is 0.207 e. The van der Waals surface area contributed by atoms with Crippen molar-refractivity contribution in [3.63, 3.8) is 0 Å². The zero-order chi connectivity index (χ0) is 16.6. The monoisotopic (exact) mass is 344 g/mol. The molecule has 0 spiro atoms. The first kappa shape index (κ1) is 15.5. The summed E-state index contributed by atoms with van der Waals surface area (Å²) in [6.07, 6.45) is 8.42. The van der Waals surface area contributed by atoms with E-state index in [1.807, 2.05) is 30.3 Å². The Hall–Kier alpha value is -1.99. The van der Waals surface area contributed by atoms with Crippen molar-refractivity contribution in [3.8, 4) is 0 Å². The predicted molar refractivity (Wildman–Crippen MR) is 91.3 cm³/mol. The molecule has 0 amide bonds. The molecule has 1 aromatic heterocycles. The lowest BCUT2D eigenvalue weighted by Crippen LogP contribution is -2.46. The molecule has 2 atom stereocenters. The van der Waals surface area contributed by atoms with Crippen LogP contribution in [0.2, 0.25) is 0 Å². The summed E-state index contributed by atoms with van der Waals surface area (Å²) in [4.78, 5) is 1.73. The third-order valence-corrected chi connectivity index (χ3v) is 6.59. The summed E-state index contributed by atoms with van der Waals surface area (Å²) >= 11 is 0. The van der Waals surface area contributed by atoms with Gasteiger partial charge in [-0.25, -0.2) is 8.42 Å². The number of aromatic nitrogens is 3. The molecule has 6 nitrogen and oxygen atoms in total. The van der Waals surface area contributed by atoms with Gasteiger partial charge in [0.25, 0.3) is 0 Å². The number of piperidine rings is 1. The summed E-state index contributed by atoms with van der Waals surface area (Å²) in [5, 5.41) is 9.79. The summed E-state index contributed by atoms with van der Waals surface area (Å²) in [7, 11) is -3.41. The van der Waals surface area contributed by atoms with Crippen molar-refractivity contribution in [1.29, 1.82) is 0 Å². The lowest BCUT2D eigenvalue weighted by atomic mass is 10.0. The van der Waals surface area contributed by atoms with E-state index in [0.29, 0.717) is 0 Å². The molecule has 7 heteroatoms. The lowest BCUT2D eigenvalue weighted by Gasteiger charge is -2.36. The first-order chi connectivity index (χ1) is 11.6. The SMILES string of the molecule is O=S(=O)(/C=C/c1ccccc1)N1C2CCC1CC(n1nccn1)C2. The van der Waals surface area contributed by atoms with Crippen LogP contribution in [-0.2, 0) is 10.0 Å². The van der Waals surface area contributed by atoms with E-state index in [2.05, 4.69) is 10.2 Å². The van der Waals surface area contributed by atoms with Crippen molar-refractivity contribution in [2.45, 2.75) is 43.8 Å². The van der Waals surface area contributed by atoms with Crippen LogP contribution < -0.4 is 0 Å². The fraction of sp³-hybridized carbons (Fsp3) is 0.412. The van der Waals surface area contributed by atoms with Crippen LogP contribution >= 0.6 is 0 Å². The van der Waals surface area contributed by atoms with E-state index in [1.54, 1.807) is 27.6 Å². The summed E-state index contributed by atoms with van der Waals surface area (Å²) < 4.78 is 27.3. The fourth-order valence-electron chi connectivity index (χ4n) is 3.92. The molecule has 24 heavy (non-hydrogen) atoms. The summed E-state index contributed by atoms with van der Waals surface area (Å²) in [5.41, 5.74) is 0.893. The molecule has 1 aromatic carbocycles. The lowest BCUT2D eigenvalue weighted by molar-refractivity contribution is 0.176. The van der Waals surface area contributed by atoms with Gasteiger partial charge in [0.2, 0.25) is 10.0 Å². The van der Waals surface area contributed by atoms with E-state index >= 15 is 0 Å². The van der Waals surface area contributed by atoms with Crippen LogP contribution in [0.4, 0.5) is 0 Å². The minimum absolute atomic E-state index is 0.0465. The molecular weight excluding hydrogens is 324 g/mol. The van der Waals surface area contributed by atoms with Crippen molar-refractivity contribution < 1.29 is 8.42 Å². The van der Waals surface area contributed by atoms with Gasteiger partial charge in [0.05, 0.1) is 18.4 Å². The third kappa shape index (κ3) is 2.89. The number of benzene rings is 1. The number of hydrogen-bond acceptors (Lipinski definition) is 4. The maximum atomic E-state index is 12.8. The molecule has 0 aliphatic carbocycles. The van der Waals surface area contributed by atoms with Gasteiger partial charge in [-0.3, -0.25) is 0 Å². The molecule has 0 radical (unpaired) electrons. The molecule has 126 valence electrons. The van der Waals surface area contributed by atoms with Crippen LogP contribution in [0.5, 0.6) is 0 Å². The predicted octanol–water partition coefficient (Wildman–Crippen LogP) is 2.45. The zero-order valence-electron chi connectivity index (χ0n) is 13.3. The third-order valence-electron chi connectivity index (χ3n) is 4.93. The molecule has 0 N–H and O–H groups in total. The summed E-state index contributed by atoms with van der Waals surface area (Å²) in [6.45, 7) is 0. The molecule has 2 fully saturated rings. The van der Waals surface area contributed by atoms with E-state index in [0.717, 1.165) is 31.2 Å². The molecule has 2 unspecified atom stereocenters. The molecule has 2 saturated heterocycles. The van der Waals surface area contributed by atoms with Crippen LogP contribution in [0.15, 0.2) is 48.1 Å². The number of sulfonamides is 1. The van der Waals surface area contributed by atoms with Gasteiger partial charge < -0.3 is 0 Å². The Bertz CT molecular complexity index is 804. The minimum atomic E-state index is -3.41. The van der Waals surface area contributed by atoms with Crippen molar-refractivity contribution in [2.75, 3.05) is 0 Å². The van der Waals surface area contributed by atoms with Gasteiger partial charge in [-0.2, -0.15) is 19.3 Å². The maximum absolute atomic E-state index is 12.8. The van der Waals surface area contributed by atoms with Crippen molar-refractivity contribution in [1.82, 2.24) is 19.3 Å². The standard InChI is InChI=1S/C17H20N4O2S/c22-24(23,11-8-14-4-2-1-3-5-14)20-15-6-7-16(20)13-17(12-15)21-18-9-10-19-21/h1-5,8-11,15-17H,6-7,12-13H2/b11-8+. The highest BCUT2D eigenvalue weighted by Gasteiger charge is 2.46. The van der Waals surface area contributed by atoms with E-state index in [1.165, 1.54) is 5.41 Å². The van der Waals surface area contributed by atoms with Crippen LogP contribution in [-0.4, -0.2) is 39.8 Å². The number of nitrogens with zero attached hydrogens (tertiary/aromatic N) is 4. The van der Waals surface area contributed by atoms with Crippen molar-refractivity contribution in [2.24, 2.45) is 0 Å². The average molecular weight is 344 g/mol.